The van der Waals surface area contributed by atoms with Crippen molar-refractivity contribution in [1.82, 2.24) is 0 Å². The van der Waals surface area contributed by atoms with Gasteiger partial charge in [-0.2, -0.15) is 0 Å². The molecular formula is C29H45NO4S. The fourth-order valence-electron chi connectivity index (χ4n) is 4.21. The van der Waals surface area contributed by atoms with Crippen LogP contribution in [0, 0.1) is 0 Å². The number of hydrogen-bond acceptors (Lipinski definition) is 4. The van der Waals surface area contributed by atoms with Gasteiger partial charge in [-0.15, -0.1) is 0 Å². The van der Waals surface area contributed by atoms with Crippen molar-refractivity contribution in [2.24, 2.45) is 0 Å². The van der Waals surface area contributed by atoms with Crippen LogP contribution in [0.3, 0.4) is 0 Å². The smallest absolute Gasteiger partial charge is 0.265 e. The van der Waals surface area contributed by atoms with Gasteiger partial charge < -0.3 is 9.47 Å². The second kappa shape index (κ2) is 14.4. The minimum atomic E-state index is -3.89. The fraction of sp³-hybridized carbons (Fsp3) is 0.586. The van der Waals surface area contributed by atoms with Gasteiger partial charge in [-0.1, -0.05) is 97.3 Å². The number of hydrogen-bond donors (Lipinski definition) is 1. The zero-order chi connectivity index (χ0) is 25.7. The molecule has 0 radical (unpaired) electrons. The Bertz CT molecular complexity index is 1000. The SMILES string of the molecule is CCCCCCCCOc1ccc(C(C)(C)CCCCC)cc1S(=O)(=O)Nc1ccccc1OC. The molecule has 196 valence electrons. The fourth-order valence-corrected chi connectivity index (χ4v) is 5.45. The molecule has 5 nitrogen and oxygen atoms in total. The van der Waals surface area contributed by atoms with Gasteiger partial charge in [0, 0.05) is 0 Å². The van der Waals surface area contributed by atoms with Crippen LogP contribution in [0.25, 0.3) is 0 Å². The molecule has 0 spiro atoms. The molecule has 0 aliphatic heterocycles. The van der Waals surface area contributed by atoms with Gasteiger partial charge in [0.05, 0.1) is 19.4 Å². The molecule has 0 bridgehead atoms. The molecule has 0 saturated heterocycles. The highest BCUT2D eigenvalue weighted by Gasteiger charge is 2.27. The number of benzene rings is 2. The highest BCUT2D eigenvalue weighted by molar-refractivity contribution is 7.92. The van der Waals surface area contributed by atoms with Gasteiger partial charge in [0.15, 0.2) is 0 Å². The Labute approximate surface area is 213 Å². The molecular weight excluding hydrogens is 458 g/mol. The second-order valence-electron chi connectivity index (χ2n) is 9.92. The number of anilines is 1. The topological polar surface area (TPSA) is 64.6 Å². The Balaban J connectivity index is 2.30. The summed E-state index contributed by atoms with van der Waals surface area (Å²) < 4.78 is 41.3. The van der Waals surface area contributed by atoms with E-state index < -0.39 is 10.0 Å². The van der Waals surface area contributed by atoms with Crippen LogP contribution in [0.2, 0.25) is 0 Å². The molecule has 35 heavy (non-hydrogen) atoms. The minimum absolute atomic E-state index is 0.137. The Morgan fingerprint density at radius 1 is 0.829 bits per heavy atom. The number of para-hydroxylation sites is 2. The molecule has 0 unspecified atom stereocenters. The summed E-state index contributed by atoms with van der Waals surface area (Å²) in [7, 11) is -2.36. The van der Waals surface area contributed by atoms with Gasteiger partial charge in [-0.25, -0.2) is 8.42 Å². The largest absolute Gasteiger partial charge is 0.495 e. The zero-order valence-electron chi connectivity index (χ0n) is 22.4. The van der Waals surface area contributed by atoms with E-state index >= 15 is 0 Å². The molecule has 6 heteroatoms. The predicted octanol–water partition coefficient (Wildman–Crippen LogP) is 8.09. The highest BCUT2D eigenvalue weighted by Crippen LogP contribution is 2.36. The van der Waals surface area contributed by atoms with E-state index in [2.05, 4.69) is 32.4 Å². The Morgan fingerprint density at radius 3 is 2.20 bits per heavy atom. The molecule has 0 amide bonds. The first-order valence-corrected chi connectivity index (χ1v) is 14.7. The average molecular weight is 504 g/mol. The van der Waals surface area contributed by atoms with E-state index in [1.54, 1.807) is 24.3 Å². The van der Waals surface area contributed by atoms with Gasteiger partial charge >= 0.3 is 0 Å². The van der Waals surface area contributed by atoms with Gasteiger partial charge in [0.25, 0.3) is 10.0 Å². The highest BCUT2D eigenvalue weighted by atomic mass is 32.2. The van der Waals surface area contributed by atoms with Gasteiger partial charge in [-0.05, 0) is 48.1 Å². The number of nitrogens with one attached hydrogen (secondary N) is 1. The van der Waals surface area contributed by atoms with Gasteiger partial charge in [-0.3, -0.25) is 4.72 Å². The molecule has 0 atom stereocenters. The molecule has 2 aromatic rings. The summed E-state index contributed by atoms with van der Waals surface area (Å²) in [5.41, 5.74) is 1.27. The van der Waals surface area contributed by atoms with Crippen LogP contribution in [0.4, 0.5) is 5.69 Å². The minimum Gasteiger partial charge on any atom is -0.495 e. The Kier molecular flexibility index (Phi) is 11.9. The van der Waals surface area contributed by atoms with Crippen LogP contribution >= 0.6 is 0 Å². The van der Waals surface area contributed by atoms with E-state index in [-0.39, 0.29) is 10.3 Å². The van der Waals surface area contributed by atoms with Crippen LogP contribution in [-0.2, 0) is 15.4 Å². The normalized spacial score (nSPS) is 11.9. The standard InChI is InChI=1S/C29H45NO4S/c1-6-8-10-11-12-16-22-34-27-20-19-24(29(3,4)21-15-9-7-2)23-28(27)35(31,32)30-25-17-13-14-18-26(25)33-5/h13-14,17-20,23,30H,6-12,15-16,21-22H2,1-5H3. The predicted molar refractivity (Wildman–Crippen MR) is 146 cm³/mol. The first-order valence-electron chi connectivity index (χ1n) is 13.2. The van der Waals surface area contributed by atoms with E-state index in [0.717, 1.165) is 37.7 Å². The molecule has 2 aromatic carbocycles. The summed E-state index contributed by atoms with van der Waals surface area (Å²) >= 11 is 0. The third kappa shape index (κ3) is 9.06. The molecule has 0 fully saturated rings. The number of rotatable bonds is 17. The van der Waals surface area contributed by atoms with E-state index in [0.29, 0.717) is 23.8 Å². The van der Waals surface area contributed by atoms with Crippen LogP contribution in [0.1, 0.15) is 97.5 Å². The van der Waals surface area contributed by atoms with E-state index in [4.69, 9.17) is 9.47 Å². The summed E-state index contributed by atoms with van der Waals surface area (Å²) in [5, 5.41) is 0. The van der Waals surface area contributed by atoms with E-state index in [1.165, 1.54) is 39.2 Å². The Hall–Kier alpha value is -2.21. The van der Waals surface area contributed by atoms with Crippen molar-refractivity contribution in [3.63, 3.8) is 0 Å². The van der Waals surface area contributed by atoms with Gasteiger partial charge in [0.2, 0.25) is 0 Å². The lowest BCUT2D eigenvalue weighted by Crippen LogP contribution is -2.20. The van der Waals surface area contributed by atoms with Crippen molar-refractivity contribution in [1.29, 1.82) is 0 Å². The maximum Gasteiger partial charge on any atom is 0.265 e. The molecule has 0 aliphatic rings. The molecule has 0 aromatic heterocycles. The number of ether oxygens (including phenoxy) is 2. The second-order valence-corrected chi connectivity index (χ2v) is 11.6. The third-order valence-electron chi connectivity index (χ3n) is 6.53. The average Bonchev–Trinajstić information content (AvgIpc) is 2.83. The van der Waals surface area contributed by atoms with Crippen LogP contribution < -0.4 is 14.2 Å². The molecule has 0 aliphatic carbocycles. The summed E-state index contributed by atoms with van der Waals surface area (Å²) in [6, 6.07) is 12.7. The summed E-state index contributed by atoms with van der Waals surface area (Å²) in [4.78, 5) is 0.176. The lowest BCUT2D eigenvalue weighted by atomic mass is 9.80. The number of sulfonamides is 1. The number of methoxy groups -OCH3 is 1. The first-order chi connectivity index (χ1) is 16.7. The summed E-state index contributed by atoms with van der Waals surface area (Å²) in [6.45, 7) is 9.26. The lowest BCUT2D eigenvalue weighted by molar-refractivity contribution is 0.296. The third-order valence-corrected chi connectivity index (χ3v) is 7.91. The Morgan fingerprint density at radius 2 is 1.49 bits per heavy atom. The van der Waals surface area contributed by atoms with Crippen molar-refractivity contribution in [3.8, 4) is 11.5 Å². The van der Waals surface area contributed by atoms with Gasteiger partial charge in [0.1, 0.15) is 16.4 Å². The maximum atomic E-state index is 13.6. The van der Waals surface area contributed by atoms with E-state index in [1.807, 2.05) is 18.2 Å². The zero-order valence-corrected chi connectivity index (χ0v) is 23.2. The number of unbranched alkanes of at least 4 members (excludes halogenated alkanes) is 7. The quantitative estimate of drug-likeness (QED) is 0.222. The molecule has 1 N–H and O–H groups in total. The maximum absolute atomic E-state index is 13.6. The van der Waals surface area contributed by atoms with Crippen molar-refractivity contribution in [3.05, 3.63) is 48.0 Å². The van der Waals surface area contributed by atoms with Crippen molar-refractivity contribution in [2.75, 3.05) is 18.4 Å². The lowest BCUT2D eigenvalue weighted by Gasteiger charge is -2.26. The van der Waals surface area contributed by atoms with Crippen LogP contribution in [0.5, 0.6) is 11.5 Å². The van der Waals surface area contributed by atoms with E-state index in [9.17, 15) is 8.42 Å². The molecule has 0 heterocycles. The van der Waals surface area contributed by atoms with Crippen molar-refractivity contribution >= 4 is 15.7 Å². The van der Waals surface area contributed by atoms with Crippen LogP contribution in [-0.4, -0.2) is 22.1 Å². The van der Waals surface area contributed by atoms with Crippen molar-refractivity contribution < 1.29 is 17.9 Å². The summed E-state index contributed by atoms with van der Waals surface area (Å²) in [6.07, 6.45) is 11.3. The summed E-state index contributed by atoms with van der Waals surface area (Å²) in [5.74, 6) is 0.871. The molecule has 2 rings (SSSR count). The van der Waals surface area contributed by atoms with Crippen molar-refractivity contribution in [2.45, 2.75) is 102 Å². The first kappa shape index (κ1) is 29.0. The molecule has 0 saturated carbocycles. The monoisotopic (exact) mass is 503 g/mol. The van der Waals surface area contributed by atoms with Crippen LogP contribution in [0.15, 0.2) is 47.4 Å².